The molecule has 2 N–H and O–H groups in total. The van der Waals surface area contributed by atoms with Crippen molar-refractivity contribution >= 4 is 5.69 Å². The van der Waals surface area contributed by atoms with E-state index < -0.39 is 11.6 Å². The number of rotatable bonds is 3. The van der Waals surface area contributed by atoms with Gasteiger partial charge in [-0.15, -0.1) is 0 Å². The number of anilines is 1. The molecule has 0 atom stereocenters. The average Bonchev–Trinajstić information content (AvgIpc) is 2.84. The van der Waals surface area contributed by atoms with E-state index >= 15 is 0 Å². The molecule has 0 fully saturated rings. The van der Waals surface area contributed by atoms with Gasteiger partial charge in [-0.05, 0) is 24.3 Å². The van der Waals surface area contributed by atoms with Crippen LogP contribution in [-0.2, 0) is 13.0 Å². The quantitative estimate of drug-likeness (QED) is 0.905. The topological polar surface area (TPSA) is 41.5 Å². The third kappa shape index (κ3) is 2.39. The summed E-state index contributed by atoms with van der Waals surface area (Å²) in [6, 6.07) is 6.73. The number of aromatic hydroxyl groups is 1. The largest absolute Gasteiger partial charge is 0.508 e. The van der Waals surface area contributed by atoms with E-state index in [0.29, 0.717) is 12.2 Å². The summed E-state index contributed by atoms with van der Waals surface area (Å²) in [5.74, 6) is -0.396. The Morgan fingerprint density at radius 1 is 1.20 bits per heavy atom. The zero-order chi connectivity index (χ0) is 14.1. The number of nitrogens with one attached hydrogen (secondary N) is 1. The van der Waals surface area contributed by atoms with E-state index in [-0.39, 0.29) is 18.0 Å². The predicted octanol–water partition coefficient (Wildman–Crippen LogP) is 3.22. The van der Waals surface area contributed by atoms with E-state index in [1.807, 2.05) is 0 Å². The van der Waals surface area contributed by atoms with Crippen LogP contribution in [0.4, 0.5) is 14.5 Å². The molecule has 3 nitrogen and oxygen atoms in total. The van der Waals surface area contributed by atoms with Gasteiger partial charge in [0.1, 0.15) is 23.1 Å². The maximum atomic E-state index is 13.5. The molecule has 2 aromatic rings. The number of phenolic OH excluding ortho intramolecular Hbond substituents is 1. The maximum Gasteiger partial charge on any atom is 0.149 e. The molecule has 3 rings (SSSR count). The van der Waals surface area contributed by atoms with Crippen LogP contribution in [0.3, 0.4) is 0 Å². The molecule has 0 amide bonds. The molecule has 0 aliphatic carbocycles. The highest BCUT2D eigenvalue weighted by Gasteiger charge is 2.15. The minimum Gasteiger partial charge on any atom is -0.508 e. The molecule has 1 aliphatic heterocycles. The van der Waals surface area contributed by atoms with Gasteiger partial charge in [-0.3, -0.25) is 0 Å². The van der Waals surface area contributed by atoms with E-state index in [1.54, 1.807) is 12.1 Å². The number of benzene rings is 2. The van der Waals surface area contributed by atoms with Gasteiger partial charge in [0.15, 0.2) is 0 Å². The van der Waals surface area contributed by atoms with Crippen molar-refractivity contribution in [3.63, 3.8) is 0 Å². The van der Waals surface area contributed by atoms with Crippen LogP contribution in [0, 0.1) is 11.6 Å². The normalized spacial score (nSPS) is 12.9. The summed E-state index contributed by atoms with van der Waals surface area (Å²) in [7, 11) is 0. The molecule has 104 valence electrons. The first-order chi connectivity index (χ1) is 9.63. The standard InChI is InChI=1S/C15H13F2NO2/c16-11-1-2-13(12(17)7-11)18-8-10-6-15-9(3-4-20-15)5-14(10)19/h1-2,5-7,18-19H,3-4,8H2. The van der Waals surface area contributed by atoms with Crippen molar-refractivity contribution in [3.05, 3.63) is 53.1 Å². The van der Waals surface area contributed by atoms with Gasteiger partial charge in [-0.1, -0.05) is 0 Å². The molecule has 2 aromatic carbocycles. The molecule has 0 saturated heterocycles. The van der Waals surface area contributed by atoms with Gasteiger partial charge in [0.05, 0.1) is 12.3 Å². The van der Waals surface area contributed by atoms with Gasteiger partial charge >= 0.3 is 0 Å². The van der Waals surface area contributed by atoms with Crippen molar-refractivity contribution in [1.29, 1.82) is 0 Å². The van der Waals surface area contributed by atoms with E-state index in [9.17, 15) is 13.9 Å². The fraction of sp³-hybridized carbons (Fsp3) is 0.200. The van der Waals surface area contributed by atoms with Crippen LogP contribution in [-0.4, -0.2) is 11.7 Å². The SMILES string of the molecule is Oc1cc2c(cc1CNc1ccc(F)cc1F)OCC2. The maximum absolute atomic E-state index is 13.5. The lowest BCUT2D eigenvalue weighted by Crippen LogP contribution is -2.02. The number of hydrogen-bond acceptors (Lipinski definition) is 3. The summed E-state index contributed by atoms with van der Waals surface area (Å²) in [6.45, 7) is 0.837. The van der Waals surface area contributed by atoms with Gasteiger partial charge in [0.2, 0.25) is 0 Å². The lowest BCUT2D eigenvalue weighted by Gasteiger charge is -2.10. The highest BCUT2D eigenvalue weighted by molar-refractivity contribution is 5.50. The third-order valence-electron chi connectivity index (χ3n) is 3.29. The van der Waals surface area contributed by atoms with Crippen molar-refractivity contribution in [1.82, 2.24) is 0 Å². The molecule has 1 heterocycles. The molecular formula is C15H13F2NO2. The van der Waals surface area contributed by atoms with Gasteiger partial charge in [-0.2, -0.15) is 0 Å². The van der Waals surface area contributed by atoms with Gasteiger partial charge in [0.25, 0.3) is 0 Å². The number of hydrogen-bond donors (Lipinski definition) is 2. The fourth-order valence-corrected chi connectivity index (χ4v) is 2.22. The smallest absolute Gasteiger partial charge is 0.149 e. The van der Waals surface area contributed by atoms with Gasteiger partial charge in [0, 0.05) is 30.2 Å². The number of ether oxygens (including phenoxy) is 1. The summed E-state index contributed by atoms with van der Waals surface area (Å²) >= 11 is 0. The van der Waals surface area contributed by atoms with E-state index in [0.717, 1.165) is 23.8 Å². The molecule has 0 unspecified atom stereocenters. The van der Waals surface area contributed by atoms with Crippen LogP contribution >= 0.6 is 0 Å². The molecule has 1 aliphatic rings. The molecule has 5 heteroatoms. The summed E-state index contributed by atoms with van der Waals surface area (Å²) in [6.07, 6.45) is 0.781. The van der Waals surface area contributed by atoms with Crippen LogP contribution in [0.1, 0.15) is 11.1 Å². The van der Waals surface area contributed by atoms with Gasteiger partial charge < -0.3 is 15.2 Å². The molecule has 20 heavy (non-hydrogen) atoms. The van der Waals surface area contributed by atoms with Crippen molar-refractivity contribution in [2.45, 2.75) is 13.0 Å². The summed E-state index contributed by atoms with van der Waals surface area (Å²) < 4.78 is 31.7. The molecule has 0 aromatic heterocycles. The average molecular weight is 277 g/mol. The highest BCUT2D eigenvalue weighted by Crippen LogP contribution is 2.32. The Morgan fingerprint density at radius 3 is 2.85 bits per heavy atom. The Kier molecular flexibility index (Phi) is 3.18. The summed E-state index contributed by atoms with van der Waals surface area (Å²) in [5, 5.41) is 12.7. The predicted molar refractivity (Wildman–Crippen MR) is 71.0 cm³/mol. The molecule has 0 radical (unpaired) electrons. The Labute approximate surface area is 114 Å². The molecule has 0 saturated carbocycles. The first kappa shape index (κ1) is 12.7. The van der Waals surface area contributed by atoms with Crippen LogP contribution in [0.15, 0.2) is 30.3 Å². The summed E-state index contributed by atoms with van der Waals surface area (Å²) in [5.41, 5.74) is 1.76. The van der Waals surface area contributed by atoms with Gasteiger partial charge in [-0.25, -0.2) is 8.78 Å². The van der Waals surface area contributed by atoms with Crippen LogP contribution in [0.5, 0.6) is 11.5 Å². The summed E-state index contributed by atoms with van der Waals surface area (Å²) in [4.78, 5) is 0. The van der Waals surface area contributed by atoms with Crippen LogP contribution in [0.2, 0.25) is 0 Å². The van der Waals surface area contributed by atoms with Crippen molar-refractivity contribution in [3.8, 4) is 11.5 Å². The van der Waals surface area contributed by atoms with Crippen LogP contribution < -0.4 is 10.1 Å². The Bertz CT molecular complexity index is 659. The lowest BCUT2D eigenvalue weighted by atomic mass is 10.1. The Morgan fingerprint density at radius 2 is 2.05 bits per heavy atom. The van der Waals surface area contributed by atoms with E-state index in [2.05, 4.69) is 5.32 Å². The van der Waals surface area contributed by atoms with Crippen molar-refractivity contribution in [2.24, 2.45) is 0 Å². The molecule has 0 spiro atoms. The van der Waals surface area contributed by atoms with Crippen molar-refractivity contribution in [2.75, 3.05) is 11.9 Å². The number of phenols is 1. The number of fused-ring (bicyclic) bond motifs is 1. The second kappa shape index (κ2) is 5.00. The first-order valence-corrected chi connectivity index (χ1v) is 6.30. The lowest BCUT2D eigenvalue weighted by molar-refractivity contribution is 0.356. The minimum absolute atomic E-state index is 0.143. The first-order valence-electron chi connectivity index (χ1n) is 6.30. The van der Waals surface area contributed by atoms with E-state index in [4.69, 9.17) is 4.74 Å². The third-order valence-corrected chi connectivity index (χ3v) is 3.29. The van der Waals surface area contributed by atoms with E-state index in [1.165, 1.54) is 12.1 Å². The van der Waals surface area contributed by atoms with Crippen molar-refractivity contribution < 1.29 is 18.6 Å². The highest BCUT2D eigenvalue weighted by atomic mass is 19.1. The monoisotopic (exact) mass is 277 g/mol. The zero-order valence-electron chi connectivity index (χ0n) is 10.6. The minimum atomic E-state index is -0.665. The zero-order valence-corrected chi connectivity index (χ0v) is 10.6. The Balaban J connectivity index is 1.78. The second-order valence-corrected chi connectivity index (χ2v) is 4.66. The van der Waals surface area contributed by atoms with Crippen LogP contribution in [0.25, 0.3) is 0 Å². The fourth-order valence-electron chi connectivity index (χ4n) is 2.22. The Hall–Kier alpha value is -2.30. The molecular weight excluding hydrogens is 264 g/mol. The number of halogens is 2. The molecule has 0 bridgehead atoms. The second-order valence-electron chi connectivity index (χ2n) is 4.66.